The van der Waals surface area contributed by atoms with E-state index in [4.69, 9.17) is 21.3 Å². The molecule has 1 atom stereocenters. The first-order chi connectivity index (χ1) is 15.9. The molecule has 33 heavy (non-hydrogen) atoms. The molecule has 3 aromatic heterocycles. The summed E-state index contributed by atoms with van der Waals surface area (Å²) in [5.74, 6) is 0.523. The fourth-order valence-electron chi connectivity index (χ4n) is 3.84. The van der Waals surface area contributed by atoms with E-state index in [-0.39, 0.29) is 17.8 Å². The van der Waals surface area contributed by atoms with E-state index in [1.807, 2.05) is 10.7 Å². The molecule has 0 saturated heterocycles. The van der Waals surface area contributed by atoms with Crippen molar-refractivity contribution in [1.82, 2.24) is 19.6 Å². The number of amides is 1. The van der Waals surface area contributed by atoms with Gasteiger partial charge in [-0.2, -0.15) is 0 Å². The van der Waals surface area contributed by atoms with Crippen molar-refractivity contribution in [2.45, 2.75) is 43.3 Å². The third-order valence-electron chi connectivity index (χ3n) is 5.54. The van der Waals surface area contributed by atoms with Crippen LogP contribution in [0.25, 0.3) is 15.9 Å². The number of carbonyl (C=O) groups is 1. The Morgan fingerprint density at radius 3 is 2.82 bits per heavy atom. The van der Waals surface area contributed by atoms with E-state index in [0.29, 0.717) is 28.4 Å². The second-order valence-electron chi connectivity index (χ2n) is 8.07. The predicted octanol–water partition coefficient (Wildman–Crippen LogP) is 5.54. The fraction of sp³-hybridized carbons (Fsp3) is 0.364. The number of thiophene rings is 1. The Labute approximate surface area is 208 Å². The number of nitrogens with zero attached hydrogens (tertiary/aromatic N) is 4. The summed E-state index contributed by atoms with van der Waals surface area (Å²) in [7, 11) is 0. The van der Waals surface area contributed by atoms with Crippen LogP contribution in [-0.4, -0.2) is 43.6 Å². The van der Waals surface area contributed by atoms with Gasteiger partial charge < -0.3 is 10.1 Å². The molecule has 172 valence electrons. The molecule has 1 unspecified atom stereocenters. The fourth-order valence-corrected chi connectivity index (χ4v) is 6.47. The Morgan fingerprint density at radius 2 is 2.09 bits per heavy atom. The third-order valence-corrected chi connectivity index (χ3v) is 8.46. The van der Waals surface area contributed by atoms with Crippen molar-refractivity contribution in [3.05, 3.63) is 39.7 Å². The van der Waals surface area contributed by atoms with E-state index >= 15 is 0 Å². The van der Waals surface area contributed by atoms with E-state index in [9.17, 15) is 4.79 Å². The van der Waals surface area contributed by atoms with Crippen molar-refractivity contribution in [3.63, 3.8) is 0 Å². The lowest BCUT2D eigenvalue weighted by Gasteiger charge is -2.26. The Kier molecular flexibility index (Phi) is 6.54. The standard InChI is InChI=1S/C22H22ClN5O2S3/c1-11(2)15-8-14-16(9-30-15)33-20-18(14)19-26-27-22(28(19)21(25-20)31-3)32-10-17(29)24-13-6-4-12(23)5-7-13/h4-7,11,15H,8-10H2,1-3H3,(H,24,29). The number of fused-ring (bicyclic) bond motifs is 5. The summed E-state index contributed by atoms with van der Waals surface area (Å²) in [4.78, 5) is 19.6. The molecule has 1 amide bonds. The first-order valence-electron chi connectivity index (χ1n) is 10.5. The molecule has 1 aliphatic rings. The third kappa shape index (κ3) is 4.46. The van der Waals surface area contributed by atoms with Crippen LogP contribution in [0.5, 0.6) is 0 Å². The molecule has 0 fully saturated rings. The van der Waals surface area contributed by atoms with Gasteiger partial charge in [-0.3, -0.25) is 4.79 Å². The highest BCUT2D eigenvalue weighted by Gasteiger charge is 2.29. The van der Waals surface area contributed by atoms with Crippen molar-refractivity contribution in [1.29, 1.82) is 0 Å². The van der Waals surface area contributed by atoms with Crippen LogP contribution in [0.15, 0.2) is 34.6 Å². The van der Waals surface area contributed by atoms with Crippen LogP contribution in [-0.2, 0) is 22.6 Å². The Bertz CT molecular complexity index is 1340. The van der Waals surface area contributed by atoms with Crippen molar-refractivity contribution in [2.75, 3.05) is 17.3 Å². The summed E-state index contributed by atoms with van der Waals surface area (Å²) < 4.78 is 8.04. The summed E-state index contributed by atoms with van der Waals surface area (Å²) in [5.41, 5.74) is 2.78. The number of thioether (sulfide) groups is 2. The normalized spacial score (nSPS) is 16.0. The Hall–Kier alpha value is -1.85. The van der Waals surface area contributed by atoms with Gasteiger partial charge in [0.05, 0.1) is 23.8 Å². The first kappa shape index (κ1) is 22.9. The number of aromatic nitrogens is 4. The van der Waals surface area contributed by atoms with Gasteiger partial charge in [0.25, 0.3) is 0 Å². The summed E-state index contributed by atoms with van der Waals surface area (Å²) >= 11 is 10.5. The van der Waals surface area contributed by atoms with E-state index in [0.717, 1.165) is 27.4 Å². The van der Waals surface area contributed by atoms with Crippen molar-refractivity contribution in [3.8, 4) is 0 Å². The van der Waals surface area contributed by atoms with Gasteiger partial charge in [-0.05, 0) is 42.0 Å². The summed E-state index contributed by atoms with van der Waals surface area (Å²) in [6.45, 7) is 4.98. The number of carbonyl (C=O) groups excluding carboxylic acids is 1. The molecule has 0 spiro atoms. The summed E-state index contributed by atoms with van der Waals surface area (Å²) in [6, 6.07) is 7.04. The molecule has 11 heteroatoms. The van der Waals surface area contributed by atoms with Crippen molar-refractivity contribution in [2.24, 2.45) is 5.92 Å². The SMILES string of the molecule is CSc1nc2sc3c(c2c2nnc(SCC(=O)Nc4ccc(Cl)cc4)n12)CC(C(C)C)OC3. The average Bonchev–Trinajstić information content (AvgIpc) is 3.39. The lowest BCUT2D eigenvalue weighted by atomic mass is 9.96. The number of anilines is 1. The lowest BCUT2D eigenvalue weighted by Crippen LogP contribution is -2.26. The van der Waals surface area contributed by atoms with Gasteiger partial charge in [-0.1, -0.05) is 49.0 Å². The number of nitrogens with one attached hydrogen (secondary N) is 1. The maximum absolute atomic E-state index is 12.5. The minimum absolute atomic E-state index is 0.122. The largest absolute Gasteiger partial charge is 0.372 e. The Morgan fingerprint density at radius 1 is 1.30 bits per heavy atom. The second-order valence-corrected chi connectivity index (χ2v) is 11.3. The van der Waals surface area contributed by atoms with E-state index in [2.05, 4.69) is 29.4 Å². The van der Waals surface area contributed by atoms with E-state index in [1.165, 1.54) is 22.2 Å². The summed E-state index contributed by atoms with van der Waals surface area (Å²) in [5, 5.41) is 15.0. The number of halogens is 1. The van der Waals surface area contributed by atoms with Crippen molar-refractivity contribution >= 4 is 73.9 Å². The molecule has 1 aromatic carbocycles. The molecule has 0 bridgehead atoms. The maximum Gasteiger partial charge on any atom is 0.234 e. The smallest absolute Gasteiger partial charge is 0.234 e. The molecule has 0 radical (unpaired) electrons. The lowest BCUT2D eigenvalue weighted by molar-refractivity contribution is -0.113. The number of hydrogen-bond donors (Lipinski definition) is 1. The molecule has 4 aromatic rings. The van der Waals surface area contributed by atoms with Crippen LogP contribution >= 0.6 is 46.5 Å². The van der Waals surface area contributed by atoms with Crippen LogP contribution in [0.4, 0.5) is 5.69 Å². The second kappa shape index (κ2) is 9.42. The molecule has 5 rings (SSSR count). The Balaban J connectivity index is 1.45. The van der Waals surface area contributed by atoms with E-state index in [1.54, 1.807) is 47.4 Å². The topological polar surface area (TPSA) is 81.4 Å². The van der Waals surface area contributed by atoms with Gasteiger partial charge in [-0.25, -0.2) is 9.38 Å². The highest BCUT2D eigenvalue weighted by atomic mass is 35.5. The highest BCUT2D eigenvalue weighted by molar-refractivity contribution is 8.00. The van der Waals surface area contributed by atoms with Gasteiger partial charge >= 0.3 is 0 Å². The molecular formula is C22H22ClN5O2S3. The van der Waals surface area contributed by atoms with Crippen LogP contribution < -0.4 is 5.32 Å². The quantitative estimate of drug-likeness (QED) is 0.264. The molecule has 7 nitrogen and oxygen atoms in total. The van der Waals surface area contributed by atoms with Crippen LogP contribution in [0, 0.1) is 5.92 Å². The number of ether oxygens (including phenoxy) is 1. The minimum Gasteiger partial charge on any atom is -0.372 e. The number of hydrogen-bond acceptors (Lipinski definition) is 8. The predicted molar refractivity (Wildman–Crippen MR) is 136 cm³/mol. The zero-order chi connectivity index (χ0) is 23.1. The van der Waals surface area contributed by atoms with Crippen LogP contribution in [0.2, 0.25) is 5.02 Å². The van der Waals surface area contributed by atoms with Gasteiger partial charge in [-0.15, -0.1) is 21.5 Å². The average molecular weight is 520 g/mol. The zero-order valence-electron chi connectivity index (χ0n) is 18.3. The van der Waals surface area contributed by atoms with Crippen LogP contribution in [0.1, 0.15) is 24.3 Å². The van der Waals surface area contributed by atoms with Crippen molar-refractivity contribution < 1.29 is 9.53 Å². The number of rotatable bonds is 6. The zero-order valence-corrected chi connectivity index (χ0v) is 21.5. The highest BCUT2D eigenvalue weighted by Crippen LogP contribution is 2.40. The van der Waals surface area contributed by atoms with Gasteiger partial charge in [0.15, 0.2) is 16.0 Å². The van der Waals surface area contributed by atoms with Crippen LogP contribution in [0.3, 0.4) is 0 Å². The first-order valence-corrected chi connectivity index (χ1v) is 13.9. The number of benzene rings is 1. The monoisotopic (exact) mass is 519 g/mol. The molecule has 1 N–H and O–H groups in total. The minimum atomic E-state index is -0.122. The van der Waals surface area contributed by atoms with Gasteiger partial charge in [0, 0.05) is 22.0 Å². The summed E-state index contributed by atoms with van der Waals surface area (Å²) in [6.07, 6.45) is 3.02. The molecule has 0 saturated carbocycles. The molecule has 4 heterocycles. The van der Waals surface area contributed by atoms with E-state index < -0.39 is 0 Å². The van der Waals surface area contributed by atoms with Gasteiger partial charge in [0.2, 0.25) is 5.91 Å². The molecule has 1 aliphatic heterocycles. The molecule has 0 aliphatic carbocycles. The maximum atomic E-state index is 12.5. The van der Waals surface area contributed by atoms with Gasteiger partial charge in [0.1, 0.15) is 4.83 Å². The molecular weight excluding hydrogens is 498 g/mol.